The summed E-state index contributed by atoms with van der Waals surface area (Å²) >= 11 is 14.2. The van der Waals surface area contributed by atoms with Crippen LogP contribution in [0.15, 0.2) is 77.9 Å². The topological polar surface area (TPSA) is 138 Å². The molecule has 2 atom stereocenters. The zero-order chi connectivity index (χ0) is 36.4. The minimum Gasteiger partial charge on any atom is -0.481 e. The Kier molecular flexibility index (Phi) is 10.6. The van der Waals surface area contributed by atoms with Crippen LogP contribution in [0.3, 0.4) is 0 Å². The van der Waals surface area contributed by atoms with Crippen LogP contribution in [0.25, 0.3) is 39.2 Å². The Bertz CT molecular complexity index is 2230. The van der Waals surface area contributed by atoms with Crippen molar-refractivity contribution in [2.24, 2.45) is 0 Å². The van der Waals surface area contributed by atoms with Gasteiger partial charge in [-0.1, -0.05) is 72.1 Å². The summed E-state index contributed by atoms with van der Waals surface area (Å²) in [5.41, 5.74) is 5.88. The lowest BCUT2D eigenvalue weighted by Gasteiger charge is -2.32. The third-order valence-corrected chi connectivity index (χ3v) is 10.7. The Labute approximate surface area is 310 Å². The summed E-state index contributed by atoms with van der Waals surface area (Å²) < 4.78 is 7.12. The molecule has 5 heterocycles. The molecular weight excluding hydrogens is 703 g/mol. The first kappa shape index (κ1) is 35.6. The number of carboxylic acid groups (broad SMARTS) is 1. The number of piperidine rings is 1. The van der Waals surface area contributed by atoms with E-state index in [0.29, 0.717) is 65.3 Å². The number of amides is 1. The molecule has 7 rings (SSSR count). The van der Waals surface area contributed by atoms with Gasteiger partial charge in [-0.15, -0.1) is 0 Å². The van der Waals surface area contributed by atoms with Crippen molar-refractivity contribution in [2.75, 3.05) is 20.2 Å². The highest BCUT2D eigenvalue weighted by molar-refractivity contribution is 6.39. The quantitative estimate of drug-likeness (QED) is 0.144. The first-order valence-corrected chi connectivity index (χ1v) is 18.1. The molecule has 3 N–H and O–H groups in total. The second kappa shape index (κ2) is 15.4. The van der Waals surface area contributed by atoms with Crippen LogP contribution in [0, 0.1) is 0 Å². The van der Waals surface area contributed by atoms with E-state index in [1.807, 2.05) is 65.6 Å². The third kappa shape index (κ3) is 7.27. The van der Waals surface area contributed by atoms with Crippen LogP contribution in [0.5, 0.6) is 5.88 Å². The number of pyridine rings is 2. The average Bonchev–Trinajstić information content (AvgIpc) is 3.57. The Balaban J connectivity index is 1.13. The van der Waals surface area contributed by atoms with Gasteiger partial charge in [-0.3, -0.25) is 23.7 Å². The summed E-state index contributed by atoms with van der Waals surface area (Å²) in [6, 6.07) is 18.5. The summed E-state index contributed by atoms with van der Waals surface area (Å²) in [7, 11) is 1.58. The molecular formula is C39H38Cl2N6O5. The highest BCUT2D eigenvalue weighted by Crippen LogP contribution is 2.42. The van der Waals surface area contributed by atoms with E-state index >= 15 is 0 Å². The normalized spacial score (nSPS) is 17.7. The van der Waals surface area contributed by atoms with Crippen molar-refractivity contribution in [2.45, 2.75) is 57.3 Å². The van der Waals surface area contributed by atoms with Gasteiger partial charge in [0.15, 0.2) is 0 Å². The lowest BCUT2D eigenvalue weighted by Crippen LogP contribution is -2.45. The predicted octanol–water partition coefficient (Wildman–Crippen LogP) is 6.21. The number of fused-ring (bicyclic) bond motifs is 1. The van der Waals surface area contributed by atoms with Gasteiger partial charge in [0.2, 0.25) is 11.8 Å². The fourth-order valence-corrected chi connectivity index (χ4v) is 7.77. The molecule has 2 aromatic carbocycles. The van der Waals surface area contributed by atoms with Crippen LogP contribution in [-0.4, -0.2) is 68.5 Å². The maximum atomic E-state index is 13.5. The van der Waals surface area contributed by atoms with Crippen molar-refractivity contribution < 1.29 is 19.4 Å². The molecule has 3 aromatic heterocycles. The molecule has 5 aromatic rings. The number of methoxy groups -OCH3 is 1. The molecule has 2 saturated heterocycles. The number of hydrogen-bond acceptors (Lipinski definition) is 8. The van der Waals surface area contributed by atoms with Crippen molar-refractivity contribution >= 4 is 40.7 Å². The molecule has 268 valence electrons. The van der Waals surface area contributed by atoms with E-state index in [9.17, 15) is 19.5 Å². The number of halogens is 2. The smallest absolute Gasteiger partial charge is 0.320 e. The van der Waals surface area contributed by atoms with Gasteiger partial charge < -0.3 is 20.5 Å². The Hall–Kier alpha value is -4.81. The van der Waals surface area contributed by atoms with Gasteiger partial charge in [-0.25, -0.2) is 9.97 Å². The second-order valence-corrected chi connectivity index (χ2v) is 13.9. The van der Waals surface area contributed by atoms with Gasteiger partial charge in [-0.2, -0.15) is 0 Å². The molecule has 2 aliphatic rings. The molecule has 11 nitrogen and oxygen atoms in total. The third-order valence-electron chi connectivity index (χ3n) is 9.85. The number of carboxylic acids is 1. The van der Waals surface area contributed by atoms with Crippen LogP contribution >= 0.6 is 23.2 Å². The van der Waals surface area contributed by atoms with E-state index in [1.165, 1.54) is 4.40 Å². The molecule has 2 unspecified atom stereocenters. The molecule has 13 heteroatoms. The number of rotatable bonds is 11. The lowest BCUT2D eigenvalue weighted by molar-refractivity contribution is -0.144. The minimum atomic E-state index is -0.867. The van der Waals surface area contributed by atoms with Crippen molar-refractivity contribution in [3.05, 3.63) is 105 Å². The summed E-state index contributed by atoms with van der Waals surface area (Å²) in [6.45, 7) is 2.05. The molecule has 0 spiro atoms. The predicted molar refractivity (Wildman–Crippen MR) is 201 cm³/mol. The van der Waals surface area contributed by atoms with Crippen LogP contribution in [0.2, 0.25) is 10.0 Å². The SMILES string of the molecule is COc1nc(-c2cccc(-c3cccc(-c4ccn5c(=O)c(CN6CCCCC6C(=O)O)cnc5c4)c3Cl)c2Cl)ccc1CNCC1CCC(=O)N1. The largest absolute Gasteiger partial charge is 0.481 e. The number of hydrogen-bond donors (Lipinski definition) is 3. The zero-order valence-electron chi connectivity index (χ0n) is 28.6. The average molecular weight is 742 g/mol. The van der Waals surface area contributed by atoms with E-state index in [1.54, 1.807) is 19.5 Å². The molecule has 0 bridgehead atoms. The first-order chi connectivity index (χ1) is 25.2. The van der Waals surface area contributed by atoms with Gasteiger partial charge in [0.25, 0.3) is 5.56 Å². The number of carbonyl (C=O) groups is 2. The van der Waals surface area contributed by atoms with E-state index in [-0.39, 0.29) is 24.1 Å². The summed E-state index contributed by atoms with van der Waals surface area (Å²) in [5, 5.41) is 17.0. The number of likely N-dealkylation sites (tertiary alicyclic amines) is 1. The molecule has 2 aliphatic heterocycles. The Morgan fingerprint density at radius 3 is 2.46 bits per heavy atom. The maximum Gasteiger partial charge on any atom is 0.320 e. The maximum absolute atomic E-state index is 13.5. The van der Waals surface area contributed by atoms with E-state index in [0.717, 1.165) is 52.6 Å². The Morgan fingerprint density at radius 2 is 1.73 bits per heavy atom. The standard InChI is InChI=1S/C39H38Cl2N6O5/c1-52-37-24(19-42-21-26-12-14-34(48)44-26)11-13-31(45-37)30-9-5-8-29(36(30)41)28-7-4-6-27(35(28)40)23-15-17-47-33(18-23)43-20-25(38(47)49)22-46-16-3-2-10-32(46)39(50)51/h4-9,11,13,15,17-18,20,26,32,42H,2-3,10,12,14,16,19,21-22H2,1H3,(H,44,48)(H,50,51). The van der Waals surface area contributed by atoms with Crippen LogP contribution in [0.4, 0.5) is 0 Å². The van der Waals surface area contributed by atoms with E-state index < -0.39 is 12.0 Å². The number of nitrogens with one attached hydrogen (secondary N) is 2. The first-order valence-electron chi connectivity index (χ1n) is 17.3. The van der Waals surface area contributed by atoms with Crippen LogP contribution < -0.4 is 20.9 Å². The molecule has 2 fully saturated rings. The van der Waals surface area contributed by atoms with Crippen molar-refractivity contribution in [3.63, 3.8) is 0 Å². The van der Waals surface area contributed by atoms with Gasteiger partial charge in [-0.05, 0) is 49.6 Å². The zero-order valence-corrected chi connectivity index (χ0v) is 30.1. The lowest BCUT2D eigenvalue weighted by atomic mass is 9.97. The highest BCUT2D eigenvalue weighted by atomic mass is 35.5. The van der Waals surface area contributed by atoms with Crippen LogP contribution in [0.1, 0.15) is 43.2 Å². The molecule has 1 amide bonds. The van der Waals surface area contributed by atoms with Gasteiger partial charge in [0, 0.05) is 72.3 Å². The van der Waals surface area contributed by atoms with Gasteiger partial charge in [0.05, 0.1) is 28.4 Å². The molecule has 0 aliphatic carbocycles. The molecule has 0 radical (unpaired) electrons. The van der Waals surface area contributed by atoms with E-state index in [2.05, 4.69) is 15.6 Å². The number of benzene rings is 2. The van der Waals surface area contributed by atoms with Crippen LogP contribution in [-0.2, 0) is 22.7 Å². The van der Waals surface area contributed by atoms with Crippen molar-refractivity contribution in [1.29, 1.82) is 0 Å². The summed E-state index contributed by atoms with van der Waals surface area (Å²) in [6.07, 6.45) is 6.92. The number of aliphatic carboxylic acids is 1. The van der Waals surface area contributed by atoms with Gasteiger partial charge >= 0.3 is 5.97 Å². The molecule has 52 heavy (non-hydrogen) atoms. The molecule has 0 saturated carbocycles. The summed E-state index contributed by atoms with van der Waals surface area (Å²) in [4.78, 5) is 48.0. The highest BCUT2D eigenvalue weighted by Gasteiger charge is 2.29. The van der Waals surface area contributed by atoms with E-state index in [4.69, 9.17) is 32.9 Å². The monoisotopic (exact) mass is 740 g/mol. The number of nitrogens with zero attached hydrogens (tertiary/aromatic N) is 4. The Morgan fingerprint density at radius 1 is 0.981 bits per heavy atom. The van der Waals surface area contributed by atoms with Gasteiger partial charge in [0.1, 0.15) is 11.7 Å². The van der Waals surface area contributed by atoms with Crippen molar-refractivity contribution in [3.8, 4) is 39.4 Å². The van der Waals surface area contributed by atoms with Crippen molar-refractivity contribution in [1.82, 2.24) is 29.9 Å². The number of aromatic nitrogens is 3. The number of carbonyl (C=O) groups excluding carboxylic acids is 1. The number of ether oxygens (including phenoxy) is 1. The fourth-order valence-electron chi connectivity index (χ4n) is 7.11. The second-order valence-electron chi connectivity index (χ2n) is 13.2. The minimum absolute atomic E-state index is 0.0873. The summed E-state index contributed by atoms with van der Waals surface area (Å²) in [5.74, 6) is -0.299. The fraction of sp³-hybridized carbons (Fsp3) is 0.308.